The first-order valence-electron chi connectivity index (χ1n) is 8.71. The van der Waals surface area contributed by atoms with Gasteiger partial charge in [0.25, 0.3) is 0 Å². The average Bonchev–Trinajstić information content (AvgIpc) is 2.69. The first kappa shape index (κ1) is 16.9. The molecule has 2 amide bonds. The molecule has 26 heavy (non-hydrogen) atoms. The summed E-state index contributed by atoms with van der Waals surface area (Å²) >= 11 is 1.47. The van der Waals surface area contributed by atoms with Gasteiger partial charge in [-0.15, -0.1) is 11.8 Å². The van der Waals surface area contributed by atoms with Gasteiger partial charge in [0.05, 0.1) is 10.9 Å². The quantitative estimate of drug-likeness (QED) is 0.900. The Hall–Kier alpha value is -2.54. The summed E-state index contributed by atoms with van der Waals surface area (Å²) in [5, 5.41) is 2.53. The van der Waals surface area contributed by atoms with Crippen LogP contribution in [0.1, 0.15) is 6.42 Å². The van der Waals surface area contributed by atoms with E-state index in [-0.39, 0.29) is 23.5 Å². The number of fused-ring (bicyclic) bond motifs is 1. The fourth-order valence-corrected chi connectivity index (χ4v) is 4.34. The summed E-state index contributed by atoms with van der Waals surface area (Å²) in [7, 11) is 0. The van der Waals surface area contributed by atoms with E-state index >= 15 is 0 Å². The van der Waals surface area contributed by atoms with Crippen molar-refractivity contribution in [3.8, 4) is 0 Å². The molecule has 0 bridgehead atoms. The minimum atomic E-state index is -0.369. The van der Waals surface area contributed by atoms with Crippen LogP contribution in [-0.2, 0) is 9.59 Å². The van der Waals surface area contributed by atoms with Gasteiger partial charge in [0.1, 0.15) is 5.82 Å². The van der Waals surface area contributed by atoms with Gasteiger partial charge in [-0.3, -0.25) is 9.59 Å². The van der Waals surface area contributed by atoms with Crippen LogP contribution in [0.2, 0.25) is 0 Å². The van der Waals surface area contributed by atoms with Crippen molar-refractivity contribution < 1.29 is 9.59 Å². The number of anilines is 2. The van der Waals surface area contributed by atoms with Crippen LogP contribution in [0, 0.1) is 0 Å². The monoisotopic (exact) mass is 368 g/mol. The second kappa shape index (κ2) is 7.37. The number of aromatic nitrogens is 1. The second-order valence-corrected chi connectivity index (χ2v) is 7.60. The SMILES string of the molecule is O=C1Nc2ccccc2S[C@H]1CC(=O)N1CCN(c2ccccn2)CC1. The van der Waals surface area contributed by atoms with E-state index in [1.165, 1.54) is 11.8 Å². The van der Waals surface area contributed by atoms with Crippen molar-refractivity contribution in [3.63, 3.8) is 0 Å². The predicted octanol–water partition coefficient (Wildman–Crippen LogP) is 2.23. The average molecular weight is 368 g/mol. The summed E-state index contributed by atoms with van der Waals surface area (Å²) in [5.41, 5.74) is 0.829. The third-order valence-corrected chi connectivity index (χ3v) is 5.95. The standard InChI is InChI=1S/C19H20N4O2S/c24-18(13-16-19(25)21-14-5-1-2-6-15(14)26-16)23-11-9-22(10-12-23)17-7-3-4-8-20-17/h1-8,16H,9-13H2,(H,21,25)/t16-/m0/s1. The normalized spacial score (nSPS) is 19.7. The second-order valence-electron chi connectivity index (χ2n) is 6.35. The number of thioether (sulfide) groups is 1. The van der Waals surface area contributed by atoms with E-state index in [9.17, 15) is 9.59 Å². The molecule has 2 aliphatic rings. The molecule has 1 aromatic carbocycles. The van der Waals surface area contributed by atoms with Gasteiger partial charge in [0.2, 0.25) is 11.8 Å². The molecular weight excluding hydrogens is 348 g/mol. The van der Waals surface area contributed by atoms with Crippen molar-refractivity contribution in [1.82, 2.24) is 9.88 Å². The van der Waals surface area contributed by atoms with Crippen LogP contribution in [-0.4, -0.2) is 53.1 Å². The molecule has 0 unspecified atom stereocenters. The maximum atomic E-state index is 12.7. The van der Waals surface area contributed by atoms with Crippen molar-refractivity contribution in [1.29, 1.82) is 0 Å². The van der Waals surface area contributed by atoms with E-state index in [0.29, 0.717) is 13.1 Å². The highest BCUT2D eigenvalue weighted by Gasteiger charge is 2.31. The Bertz CT molecular complexity index is 806. The number of rotatable bonds is 3. The Morgan fingerprint density at radius 3 is 2.65 bits per heavy atom. The van der Waals surface area contributed by atoms with Gasteiger partial charge in [-0.1, -0.05) is 18.2 Å². The molecule has 1 saturated heterocycles. The fraction of sp³-hybridized carbons (Fsp3) is 0.316. The van der Waals surface area contributed by atoms with Gasteiger partial charge in [-0.05, 0) is 24.3 Å². The number of pyridine rings is 1. The van der Waals surface area contributed by atoms with Crippen LogP contribution in [0.15, 0.2) is 53.6 Å². The number of nitrogens with zero attached hydrogens (tertiary/aromatic N) is 3. The van der Waals surface area contributed by atoms with Gasteiger partial charge in [0, 0.05) is 43.7 Å². The molecule has 2 aromatic rings. The minimum absolute atomic E-state index is 0.0395. The lowest BCUT2D eigenvalue weighted by atomic mass is 10.2. The topological polar surface area (TPSA) is 65.5 Å². The minimum Gasteiger partial charge on any atom is -0.353 e. The van der Waals surface area contributed by atoms with E-state index in [1.807, 2.05) is 47.4 Å². The van der Waals surface area contributed by atoms with Crippen molar-refractivity contribution in [2.24, 2.45) is 0 Å². The maximum absolute atomic E-state index is 12.7. The Balaban J connectivity index is 1.34. The molecule has 0 radical (unpaired) electrons. The number of hydrogen-bond donors (Lipinski definition) is 1. The highest BCUT2D eigenvalue weighted by atomic mass is 32.2. The number of carbonyl (C=O) groups excluding carboxylic acids is 2. The third kappa shape index (κ3) is 3.53. The highest BCUT2D eigenvalue weighted by Crippen LogP contribution is 2.36. The maximum Gasteiger partial charge on any atom is 0.238 e. The van der Waals surface area contributed by atoms with Crippen molar-refractivity contribution >= 4 is 35.1 Å². The van der Waals surface area contributed by atoms with Crippen LogP contribution in [0.25, 0.3) is 0 Å². The lowest BCUT2D eigenvalue weighted by Gasteiger charge is -2.36. The first-order valence-corrected chi connectivity index (χ1v) is 9.59. The first-order chi connectivity index (χ1) is 12.7. The molecular formula is C19H20N4O2S. The molecule has 1 fully saturated rings. The summed E-state index contributed by atoms with van der Waals surface area (Å²) in [6, 6.07) is 13.5. The Morgan fingerprint density at radius 1 is 1.12 bits per heavy atom. The lowest BCUT2D eigenvalue weighted by molar-refractivity contribution is -0.132. The zero-order valence-corrected chi connectivity index (χ0v) is 15.1. The number of benzene rings is 1. The van der Waals surface area contributed by atoms with Crippen LogP contribution < -0.4 is 10.2 Å². The molecule has 1 aromatic heterocycles. The van der Waals surface area contributed by atoms with Crippen LogP contribution in [0.4, 0.5) is 11.5 Å². The van der Waals surface area contributed by atoms with E-state index in [4.69, 9.17) is 0 Å². The fourth-order valence-electron chi connectivity index (χ4n) is 3.24. The summed E-state index contributed by atoms with van der Waals surface area (Å²) in [6.07, 6.45) is 2.01. The smallest absolute Gasteiger partial charge is 0.238 e. The lowest BCUT2D eigenvalue weighted by Crippen LogP contribution is -2.50. The third-order valence-electron chi connectivity index (χ3n) is 4.67. The van der Waals surface area contributed by atoms with Crippen LogP contribution in [0.3, 0.4) is 0 Å². The molecule has 1 N–H and O–H groups in total. The van der Waals surface area contributed by atoms with Crippen molar-refractivity contribution in [3.05, 3.63) is 48.7 Å². The molecule has 3 heterocycles. The molecule has 0 aliphatic carbocycles. The number of piperazine rings is 1. The van der Waals surface area contributed by atoms with Crippen LogP contribution >= 0.6 is 11.8 Å². The predicted molar refractivity (Wildman–Crippen MR) is 102 cm³/mol. The van der Waals surface area contributed by atoms with Gasteiger partial charge in [0.15, 0.2) is 0 Å². The number of nitrogens with one attached hydrogen (secondary N) is 1. The summed E-state index contributed by atoms with van der Waals surface area (Å²) in [6.45, 7) is 2.83. The van der Waals surface area contributed by atoms with E-state index in [0.717, 1.165) is 29.5 Å². The Morgan fingerprint density at radius 2 is 1.88 bits per heavy atom. The molecule has 2 aliphatic heterocycles. The Labute approximate surface area is 156 Å². The summed E-state index contributed by atoms with van der Waals surface area (Å²) in [4.78, 5) is 34.4. The zero-order valence-electron chi connectivity index (χ0n) is 14.3. The molecule has 7 heteroatoms. The van der Waals surface area contributed by atoms with Crippen molar-refractivity contribution in [2.45, 2.75) is 16.6 Å². The summed E-state index contributed by atoms with van der Waals surface area (Å²) < 4.78 is 0. The number of carbonyl (C=O) groups is 2. The number of para-hydroxylation sites is 1. The van der Waals surface area contributed by atoms with Crippen LogP contribution in [0.5, 0.6) is 0 Å². The van der Waals surface area contributed by atoms with E-state index < -0.39 is 0 Å². The molecule has 1 atom stereocenters. The van der Waals surface area contributed by atoms with Crippen molar-refractivity contribution in [2.75, 3.05) is 36.4 Å². The summed E-state index contributed by atoms with van der Waals surface area (Å²) in [5.74, 6) is 0.894. The van der Waals surface area contributed by atoms with E-state index in [1.54, 1.807) is 6.20 Å². The molecule has 6 nitrogen and oxygen atoms in total. The number of hydrogen-bond acceptors (Lipinski definition) is 5. The van der Waals surface area contributed by atoms with Gasteiger partial charge < -0.3 is 15.1 Å². The molecule has 0 saturated carbocycles. The van der Waals surface area contributed by atoms with Gasteiger partial charge >= 0.3 is 0 Å². The zero-order chi connectivity index (χ0) is 17.9. The van der Waals surface area contributed by atoms with Gasteiger partial charge in [-0.2, -0.15) is 0 Å². The molecule has 4 rings (SSSR count). The van der Waals surface area contributed by atoms with E-state index in [2.05, 4.69) is 15.2 Å². The Kier molecular flexibility index (Phi) is 4.79. The number of amides is 2. The molecule has 134 valence electrons. The highest BCUT2D eigenvalue weighted by molar-refractivity contribution is 8.01. The largest absolute Gasteiger partial charge is 0.353 e. The molecule has 0 spiro atoms. The van der Waals surface area contributed by atoms with Gasteiger partial charge in [-0.25, -0.2) is 4.98 Å².